The number of aromatic nitrogens is 3. The van der Waals surface area contributed by atoms with Crippen LogP contribution >= 0.6 is 0 Å². The first kappa shape index (κ1) is 8.55. The molecule has 0 saturated heterocycles. The van der Waals surface area contributed by atoms with Gasteiger partial charge in [-0.15, -0.1) is 0 Å². The summed E-state index contributed by atoms with van der Waals surface area (Å²) in [6.07, 6.45) is 3.55. The van der Waals surface area contributed by atoms with Crippen LogP contribution in [0.1, 0.15) is 0 Å². The van der Waals surface area contributed by atoms with Gasteiger partial charge in [0.1, 0.15) is 5.71 Å². The quantitative estimate of drug-likeness (QED) is 0.625. The largest absolute Gasteiger partial charge is 0.445 e. The minimum Gasteiger partial charge on any atom is -0.445 e. The standard InChI is InChI=1S/C5H2N3O2.Y/c9-4-2-6-5-3(8-4)1-7-10-5;/h2H,(H,8,9);/q-1;. The molecular weight excluding hydrogens is 223 g/mol. The third kappa shape index (κ3) is 1.54. The van der Waals surface area contributed by atoms with Crippen LogP contribution in [0.15, 0.2) is 15.5 Å². The second kappa shape index (κ2) is 3.23. The van der Waals surface area contributed by atoms with Crippen molar-refractivity contribution in [3.05, 3.63) is 22.7 Å². The molecule has 0 amide bonds. The van der Waals surface area contributed by atoms with Gasteiger partial charge in [-0.1, -0.05) is 6.20 Å². The van der Waals surface area contributed by atoms with E-state index < -0.39 is 0 Å². The fourth-order valence-corrected chi connectivity index (χ4v) is 0.647. The van der Waals surface area contributed by atoms with Gasteiger partial charge in [-0.3, -0.25) is 4.79 Å². The molecule has 6 heteroatoms. The minimum absolute atomic E-state index is 0. The van der Waals surface area contributed by atoms with E-state index in [9.17, 15) is 4.79 Å². The number of nitrogens with one attached hydrogen (secondary N) is 1. The number of H-pyrrole nitrogens is 1. The Morgan fingerprint density at radius 3 is 3.27 bits per heavy atom. The van der Waals surface area contributed by atoms with E-state index in [1.165, 1.54) is 0 Å². The van der Waals surface area contributed by atoms with E-state index >= 15 is 0 Å². The van der Waals surface area contributed by atoms with E-state index in [1.807, 2.05) is 0 Å². The van der Waals surface area contributed by atoms with Crippen molar-refractivity contribution in [3.63, 3.8) is 0 Å². The van der Waals surface area contributed by atoms with Crippen LogP contribution in [-0.2, 0) is 32.7 Å². The molecule has 0 spiro atoms. The number of hydrogen-bond donors (Lipinski definition) is 1. The molecule has 11 heavy (non-hydrogen) atoms. The van der Waals surface area contributed by atoms with Gasteiger partial charge in [-0.25, -0.2) is 5.16 Å². The zero-order valence-corrected chi connectivity index (χ0v) is 8.20. The average molecular weight is 225 g/mol. The molecule has 0 unspecified atom stereocenters. The minimum atomic E-state index is -0.285. The van der Waals surface area contributed by atoms with E-state index in [-0.39, 0.29) is 38.3 Å². The summed E-state index contributed by atoms with van der Waals surface area (Å²) < 4.78 is 4.59. The van der Waals surface area contributed by atoms with Crippen LogP contribution in [0, 0.1) is 6.20 Å². The van der Waals surface area contributed by atoms with E-state index in [4.69, 9.17) is 0 Å². The van der Waals surface area contributed by atoms with Crippen molar-refractivity contribution in [2.75, 3.05) is 0 Å². The molecule has 0 aromatic carbocycles. The molecule has 1 radical (unpaired) electrons. The molecule has 2 aromatic rings. The maximum Gasteiger partial charge on any atom is 0.262 e. The monoisotopic (exact) mass is 225 g/mol. The Morgan fingerprint density at radius 1 is 1.64 bits per heavy atom. The van der Waals surface area contributed by atoms with Gasteiger partial charge in [0.15, 0.2) is 0 Å². The van der Waals surface area contributed by atoms with Crippen LogP contribution in [0.25, 0.3) is 11.2 Å². The number of fused-ring (bicyclic) bond motifs is 1. The zero-order valence-electron chi connectivity index (χ0n) is 5.37. The summed E-state index contributed by atoms with van der Waals surface area (Å²) in [7, 11) is 0. The molecule has 0 bridgehead atoms. The second-order valence-electron chi connectivity index (χ2n) is 1.72. The number of rotatable bonds is 0. The summed E-state index contributed by atoms with van der Waals surface area (Å²) in [4.78, 5) is 16.7. The topological polar surface area (TPSA) is 71.8 Å². The van der Waals surface area contributed by atoms with Gasteiger partial charge in [-0.2, -0.15) is 0 Å². The van der Waals surface area contributed by atoms with Gasteiger partial charge >= 0.3 is 0 Å². The van der Waals surface area contributed by atoms with E-state index in [1.54, 1.807) is 0 Å². The fourth-order valence-electron chi connectivity index (χ4n) is 0.647. The summed E-state index contributed by atoms with van der Waals surface area (Å²) in [5, 5.41) is 3.31. The Bertz CT molecular complexity index is 407. The maximum absolute atomic E-state index is 10.6. The molecule has 53 valence electrons. The van der Waals surface area contributed by atoms with E-state index in [0.717, 1.165) is 6.20 Å². The molecule has 2 aromatic heterocycles. The van der Waals surface area contributed by atoms with Crippen molar-refractivity contribution < 1.29 is 37.2 Å². The molecule has 0 saturated carbocycles. The van der Waals surface area contributed by atoms with Gasteiger partial charge < -0.3 is 14.5 Å². The van der Waals surface area contributed by atoms with Crippen LogP contribution in [0.5, 0.6) is 0 Å². The summed E-state index contributed by atoms with van der Waals surface area (Å²) in [6, 6.07) is 0. The van der Waals surface area contributed by atoms with Gasteiger partial charge in [0.05, 0.1) is 6.20 Å². The predicted molar refractivity (Wildman–Crippen MR) is 31.3 cm³/mol. The van der Waals surface area contributed by atoms with Crippen molar-refractivity contribution in [2.45, 2.75) is 0 Å². The summed E-state index contributed by atoms with van der Waals surface area (Å²) in [5.41, 5.74) is 0.402. The van der Waals surface area contributed by atoms with Gasteiger partial charge in [0.25, 0.3) is 5.56 Å². The first-order valence-corrected chi connectivity index (χ1v) is 2.58. The van der Waals surface area contributed by atoms with Crippen molar-refractivity contribution in [1.82, 2.24) is 15.1 Å². The normalized spacial score (nSPS) is 9.45. The SMILES string of the molecule is O=c1cnc2on[c-]c2[nH]1.[Y]. The third-order valence-electron chi connectivity index (χ3n) is 1.05. The van der Waals surface area contributed by atoms with Gasteiger partial charge in [0, 0.05) is 32.7 Å². The van der Waals surface area contributed by atoms with Crippen molar-refractivity contribution in [2.24, 2.45) is 0 Å². The van der Waals surface area contributed by atoms with Crippen LogP contribution in [0.4, 0.5) is 0 Å². The third-order valence-corrected chi connectivity index (χ3v) is 1.05. The molecule has 2 heterocycles. The first-order chi connectivity index (χ1) is 4.86. The molecule has 2 rings (SSSR count). The van der Waals surface area contributed by atoms with Crippen LogP contribution in [-0.4, -0.2) is 15.1 Å². The van der Waals surface area contributed by atoms with Crippen molar-refractivity contribution in [1.29, 1.82) is 0 Å². The summed E-state index contributed by atoms with van der Waals surface area (Å²) in [6.45, 7) is 0. The zero-order chi connectivity index (χ0) is 6.97. The molecule has 0 aliphatic heterocycles. The molecule has 1 N–H and O–H groups in total. The Hall–Kier alpha value is -0.546. The van der Waals surface area contributed by atoms with Gasteiger partial charge in [-0.05, 0) is 5.52 Å². The van der Waals surface area contributed by atoms with Crippen molar-refractivity contribution in [3.8, 4) is 0 Å². The van der Waals surface area contributed by atoms with E-state index in [0.29, 0.717) is 11.2 Å². The molecule has 0 atom stereocenters. The fraction of sp³-hybridized carbons (Fsp3) is 0. The van der Waals surface area contributed by atoms with Crippen LogP contribution in [0.2, 0.25) is 0 Å². The Balaban J connectivity index is 0.000000605. The van der Waals surface area contributed by atoms with Crippen LogP contribution < -0.4 is 5.56 Å². The Morgan fingerprint density at radius 2 is 2.45 bits per heavy atom. The summed E-state index contributed by atoms with van der Waals surface area (Å²) >= 11 is 0. The van der Waals surface area contributed by atoms with Crippen molar-refractivity contribution >= 4 is 11.2 Å². The molecule has 0 aliphatic carbocycles. The van der Waals surface area contributed by atoms with Crippen LogP contribution in [0.3, 0.4) is 0 Å². The number of aromatic amines is 1. The number of hydrogen-bond acceptors (Lipinski definition) is 4. The van der Waals surface area contributed by atoms with Gasteiger partial charge in [0.2, 0.25) is 0 Å². The smallest absolute Gasteiger partial charge is 0.262 e. The summed E-state index contributed by atoms with van der Waals surface area (Å²) in [5.74, 6) is 0. The number of nitrogens with zero attached hydrogens (tertiary/aromatic N) is 2. The predicted octanol–water partition coefficient (Wildman–Crippen LogP) is -0.291. The molecular formula is C5H2N3O2Y-. The first-order valence-electron chi connectivity index (χ1n) is 2.58. The van der Waals surface area contributed by atoms with E-state index in [2.05, 4.69) is 25.8 Å². The molecule has 5 nitrogen and oxygen atoms in total. The average Bonchev–Trinajstić information content (AvgIpc) is 2.33. The second-order valence-corrected chi connectivity index (χ2v) is 1.72. The maximum atomic E-state index is 10.6. The Kier molecular flexibility index (Phi) is 2.51. The Labute approximate surface area is 86.1 Å². The molecule has 0 aliphatic rings. The molecule has 0 fully saturated rings.